The highest BCUT2D eigenvalue weighted by Gasteiger charge is 2.15. The van der Waals surface area contributed by atoms with Crippen LogP contribution in [0.1, 0.15) is 24.1 Å². The fourth-order valence-corrected chi connectivity index (χ4v) is 4.22. The summed E-state index contributed by atoms with van der Waals surface area (Å²) in [6, 6.07) is 17.9. The average molecular weight is 489 g/mol. The summed E-state index contributed by atoms with van der Waals surface area (Å²) in [7, 11) is -2.20. The molecular formula is C24H25ClN2O5S. The van der Waals surface area contributed by atoms with Gasteiger partial charge in [-0.15, -0.1) is 0 Å². The summed E-state index contributed by atoms with van der Waals surface area (Å²) < 4.78 is 38.3. The standard InChI is InChI=1S/C24H25ClN2O5S/c1-16-4-7-19(14-23(16)25)27-33(29,30)22-12-10-21(11-13-22)32-15-24(28)26-17(2)18-5-8-20(31-3)9-6-18/h4-14,17,27H,15H2,1-3H3,(H,26,28). The normalized spacial score (nSPS) is 12.0. The summed E-state index contributed by atoms with van der Waals surface area (Å²) in [5, 5.41) is 3.32. The second-order valence-electron chi connectivity index (χ2n) is 7.39. The lowest BCUT2D eigenvalue weighted by atomic mass is 10.1. The fourth-order valence-electron chi connectivity index (χ4n) is 2.99. The van der Waals surface area contributed by atoms with E-state index in [1.165, 1.54) is 24.3 Å². The van der Waals surface area contributed by atoms with Crippen molar-refractivity contribution in [2.75, 3.05) is 18.4 Å². The van der Waals surface area contributed by atoms with E-state index >= 15 is 0 Å². The summed E-state index contributed by atoms with van der Waals surface area (Å²) in [5.41, 5.74) is 2.15. The van der Waals surface area contributed by atoms with Crippen LogP contribution in [0.5, 0.6) is 11.5 Å². The zero-order valence-electron chi connectivity index (χ0n) is 18.5. The van der Waals surface area contributed by atoms with E-state index in [1.54, 1.807) is 25.3 Å². The van der Waals surface area contributed by atoms with Gasteiger partial charge in [0.15, 0.2) is 6.61 Å². The highest BCUT2D eigenvalue weighted by molar-refractivity contribution is 7.92. The Bertz CT molecular complexity index is 1210. The molecule has 0 spiro atoms. The van der Waals surface area contributed by atoms with Crippen LogP contribution in [-0.2, 0) is 14.8 Å². The largest absolute Gasteiger partial charge is 0.497 e. The number of rotatable bonds is 9. The van der Waals surface area contributed by atoms with Crippen molar-refractivity contribution in [3.05, 3.63) is 82.9 Å². The van der Waals surface area contributed by atoms with Crippen molar-refractivity contribution >= 4 is 33.2 Å². The fraction of sp³-hybridized carbons (Fsp3) is 0.208. The molecular weight excluding hydrogens is 464 g/mol. The lowest BCUT2D eigenvalue weighted by Gasteiger charge is -2.15. The van der Waals surface area contributed by atoms with Gasteiger partial charge in [-0.3, -0.25) is 9.52 Å². The molecule has 2 N–H and O–H groups in total. The lowest BCUT2D eigenvalue weighted by Crippen LogP contribution is -2.31. The molecule has 0 aliphatic rings. The van der Waals surface area contributed by atoms with Gasteiger partial charge < -0.3 is 14.8 Å². The first-order chi connectivity index (χ1) is 15.7. The quantitative estimate of drug-likeness (QED) is 0.454. The first-order valence-electron chi connectivity index (χ1n) is 10.1. The Balaban J connectivity index is 1.55. The Morgan fingerprint density at radius 1 is 1.00 bits per heavy atom. The highest BCUT2D eigenvalue weighted by Crippen LogP contribution is 2.24. The van der Waals surface area contributed by atoms with Crippen LogP contribution in [0.3, 0.4) is 0 Å². The van der Waals surface area contributed by atoms with Crippen molar-refractivity contribution in [3.8, 4) is 11.5 Å². The zero-order chi connectivity index (χ0) is 24.0. The van der Waals surface area contributed by atoms with Crippen molar-refractivity contribution in [1.82, 2.24) is 5.32 Å². The summed E-state index contributed by atoms with van der Waals surface area (Å²) in [6.07, 6.45) is 0. The number of carbonyl (C=O) groups excluding carboxylic acids is 1. The number of hydrogen-bond donors (Lipinski definition) is 2. The maximum absolute atomic E-state index is 12.6. The molecule has 0 fully saturated rings. The van der Waals surface area contributed by atoms with Gasteiger partial charge in [0.2, 0.25) is 0 Å². The van der Waals surface area contributed by atoms with Crippen LogP contribution in [-0.4, -0.2) is 28.0 Å². The maximum Gasteiger partial charge on any atom is 0.261 e. The van der Waals surface area contributed by atoms with Crippen molar-refractivity contribution in [3.63, 3.8) is 0 Å². The Morgan fingerprint density at radius 3 is 2.24 bits per heavy atom. The molecule has 174 valence electrons. The molecule has 0 heterocycles. The van der Waals surface area contributed by atoms with Gasteiger partial charge >= 0.3 is 0 Å². The molecule has 0 bridgehead atoms. The molecule has 0 aromatic heterocycles. The van der Waals surface area contributed by atoms with Crippen LogP contribution in [0.15, 0.2) is 71.6 Å². The molecule has 0 saturated heterocycles. The van der Waals surface area contributed by atoms with E-state index in [2.05, 4.69) is 10.0 Å². The number of benzene rings is 3. The Labute approximate surface area is 198 Å². The maximum atomic E-state index is 12.6. The first kappa shape index (κ1) is 24.4. The Morgan fingerprint density at radius 2 is 1.64 bits per heavy atom. The third-order valence-electron chi connectivity index (χ3n) is 4.92. The molecule has 0 saturated carbocycles. The predicted octanol–water partition coefficient (Wildman–Crippen LogP) is 4.71. The van der Waals surface area contributed by atoms with E-state index in [1.807, 2.05) is 38.1 Å². The number of methoxy groups -OCH3 is 1. The van der Waals surface area contributed by atoms with Gasteiger partial charge in [0.25, 0.3) is 15.9 Å². The van der Waals surface area contributed by atoms with Gasteiger partial charge in [-0.2, -0.15) is 0 Å². The van der Waals surface area contributed by atoms with Crippen LogP contribution in [0, 0.1) is 6.92 Å². The van der Waals surface area contributed by atoms with Crippen LogP contribution >= 0.6 is 11.6 Å². The number of hydrogen-bond acceptors (Lipinski definition) is 5. The van der Waals surface area contributed by atoms with Gasteiger partial charge in [-0.25, -0.2) is 8.42 Å². The topological polar surface area (TPSA) is 93.7 Å². The van der Waals surface area contributed by atoms with Gasteiger partial charge in [0, 0.05) is 5.02 Å². The Hall–Kier alpha value is -3.23. The zero-order valence-corrected chi connectivity index (χ0v) is 20.0. The van der Waals surface area contributed by atoms with Crippen molar-refractivity contribution in [2.45, 2.75) is 24.8 Å². The molecule has 0 aliphatic carbocycles. The second kappa shape index (κ2) is 10.6. The molecule has 3 aromatic rings. The van der Waals surface area contributed by atoms with Gasteiger partial charge in [0.05, 0.1) is 23.7 Å². The molecule has 1 unspecified atom stereocenters. The number of nitrogens with one attached hydrogen (secondary N) is 2. The van der Waals surface area contributed by atoms with Gasteiger partial charge in [-0.1, -0.05) is 29.8 Å². The van der Waals surface area contributed by atoms with E-state index in [-0.39, 0.29) is 23.5 Å². The van der Waals surface area contributed by atoms with E-state index in [4.69, 9.17) is 21.1 Å². The molecule has 1 amide bonds. The van der Waals surface area contributed by atoms with E-state index in [0.29, 0.717) is 16.5 Å². The minimum absolute atomic E-state index is 0.0594. The summed E-state index contributed by atoms with van der Waals surface area (Å²) in [5.74, 6) is 0.816. The SMILES string of the molecule is COc1ccc(C(C)NC(=O)COc2ccc(S(=O)(=O)Nc3ccc(C)c(Cl)c3)cc2)cc1. The van der Waals surface area contributed by atoms with Crippen LogP contribution in [0.25, 0.3) is 0 Å². The van der Waals surface area contributed by atoms with Crippen molar-refractivity contribution in [1.29, 1.82) is 0 Å². The predicted molar refractivity (Wildman–Crippen MR) is 128 cm³/mol. The molecule has 0 radical (unpaired) electrons. The number of anilines is 1. The lowest BCUT2D eigenvalue weighted by molar-refractivity contribution is -0.123. The molecule has 9 heteroatoms. The number of aryl methyl sites for hydroxylation is 1. The highest BCUT2D eigenvalue weighted by atomic mass is 35.5. The van der Waals surface area contributed by atoms with Gasteiger partial charge in [0.1, 0.15) is 11.5 Å². The summed E-state index contributed by atoms with van der Waals surface area (Å²) in [6.45, 7) is 3.50. The number of ether oxygens (including phenoxy) is 2. The summed E-state index contributed by atoms with van der Waals surface area (Å²) >= 11 is 6.06. The average Bonchev–Trinajstić information content (AvgIpc) is 2.80. The first-order valence-corrected chi connectivity index (χ1v) is 12.0. The second-order valence-corrected chi connectivity index (χ2v) is 9.48. The third-order valence-corrected chi connectivity index (χ3v) is 6.73. The third kappa shape index (κ3) is 6.63. The minimum Gasteiger partial charge on any atom is -0.497 e. The monoisotopic (exact) mass is 488 g/mol. The number of sulfonamides is 1. The van der Waals surface area contributed by atoms with Crippen LogP contribution < -0.4 is 19.5 Å². The Kier molecular flexibility index (Phi) is 7.84. The summed E-state index contributed by atoms with van der Waals surface area (Å²) in [4.78, 5) is 12.3. The van der Waals surface area contributed by atoms with Gasteiger partial charge in [-0.05, 0) is 73.5 Å². The molecule has 7 nitrogen and oxygen atoms in total. The van der Waals surface area contributed by atoms with Crippen LogP contribution in [0.2, 0.25) is 5.02 Å². The van der Waals surface area contributed by atoms with E-state index in [0.717, 1.165) is 16.9 Å². The van der Waals surface area contributed by atoms with E-state index < -0.39 is 10.0 Å². The molecule has 1 atom stereocenters. The van der Waals surface area contributed by atoms with E-state index in [9.17, 15) is 13.2 Å². The minimum atomic E-state index is -3.80. The molecule has 3 rings (SSSR count). The smallest absolute Gasteiger partial charge is 0.261 e. The molecule has 3 aromatic carbocycles. The molecule has 33 heavy (non-hydrogen) atoms. The van der Waals surface area contributed by atoms with Crippen molar-refractivity contribution < 1.29 is 22.7 Å². The van der Waals surface area contributed by atoms with Crippen LogP contribution in [0.4, 0.5) is 5.69 Å². The number of carbonyl (C=O) groups is 1. The number of amides is 1. The number of halogens is 1. The van der Waals surface area contributed by atoms with Crippen molar-refractivity contribution in [2.24, 2.45) is 0 Å². The molecule has 0 aliphatic heterocycles.